The molecule has 4 rings (SSSR count). The lowest BCUT2D eigenvalue weighted by Gasteiger charge is -2.33. The van der Waals surface area contributed by atoms with Crippen molar-refractivity contribution in [3.63, 3.8) is 0 Å². The monoisotopic (exact) mass is 347 g/mol. The van der Waals surface area contributed by atoms with Gasteiger partial charge in [0.25, 0.3) is 0 Å². The molecule has 1 heterocycles. The van der Waals surface area contributed by atoms with Gasteiger partial charge in [-0.1, -0.05) is 29.8 Å². The number of nitrogens with zero attached hydrogens (tertiary/aromatic N) is 1. The van der Waals surface area contributed by atoms with Crippen LogP contribution < -0.4 is 0 Å². The van der Waals surface area contributed by atoms with E-state index in [1.54, 1.807) is 18.2 Å². The van der Waals surface area contributed by atoms with Gasteiger partial charge in [0.05, 0.1) is 10.9 Å². The minimum Gasteiger partial charge on any atom is -0.294 e. The zero-order chi connectivity index (χ0) is 16.2. The van der Waals surface area contributed by atoms with E-state index in [2.05, 4.69) is 0 Å². The highest BCUT2D eigenvalue weighted by Crippen LogP contribution is 2.43. The van der Waals surface area contributed by atoms with E-state index in [-0.39, 0.29) is 23.1 Å². The summed E-state index contributed by atoms with van der Waals surface area (Å²) in [5.41, 5.74) is 2.64. The van der Waals surface area contributed by atoms with Crippen LogP contribution in [0.4, 0.5) is 0 Å². The summed E-state index contributed by atoms with van der Waals surface area (Å²) in [5, 5.41) is 0.492. The molecule has 2 aliphatic rings. The molecule has 0 N–H and O–H groups in total. The second-order valence-corrected chi connectivity index (χ2v) is 8.17. The maximum absolute atomic E-state index is 13.0. The van der Waals surface area contributed by atoms with Crippen molar-refractivity contribution in [1.82, 2.24) is 4.31 Å². The lowest BCUT2D eigenvalue weighted by atomic mass is 9.95. The number of halogens is 1. The fourth-order valence-corrected chi connectivity index (χ4v) is 5.24. The van der Waals surface area contributed by atoms with Crippen LogP contribution in [0.25, 0.3) is 0 Å². The van der Waals surface area contributed by atoms with Gasteiger partial charge < -0.3 is 0 Å². The van der Waals surface area contributed by atoms with Gasteiger partial charge in [0, 0.05) is 23.6 Å². The molecule has 0 saturated heterocycles. The number of sulfonamides is 1. The molecular formula is C17H14ClNO3S. The molecule has 0 saturated carbocycles. The first-order valence-electron chi connectivity index (χ1n) is 7.41. The van der Waals surface area contributed by atoms with Gasteiger partial charge in [-0.05, 0) is 41.8 Å². The summed E-state index contributed by atoms with van der Waals surface area (Å²) in [6.07, 6.45) is 0.846. The Morgan fingerprint density at radius 1 is 1.09 bits per heavy atom. The molecule has 23 heavy (non-hydrogen) atoms. The minimum absolute atomic E-state index is 0.0186. The maximum atomic E-state index is 13.0. The summed E-state index contributed by atoms with van der Waals surface area (Å²) in [4.78, 5) is 12.4. The average Bonchev–Trinajstić information content (AvgIpc) is 2.87. The third-order valence-corrected chi connectivity index (χ3v) is 6.75. The quantitative estimate of drug-likeness (QED) is 0.838. The molecule has 0 bridgehead atoms. The van der Waals surface area contributed by atoms with E-state index in [0.29, 0.717) is 23.6 Å². The fraction of sp³-hybridized carbons (Fsp3) is 0.235. The number of carbonyl (C=O) groups is 1. The molecule has 0 radical (unpaired) electrons. The number of ketones is 1. The normalized spacial score (nSPS) is 20.6. The van der Waals surface area contributed by atoms with Crippen LogP contribution in [-0.4, -0.2) is 25.1 Å². The maximum Gasteiger partial charge on any atom is 0.243 e. The van der Waals surface area contributed by atoms with Gasteiger partial charge in [-0.2, -0.15) is 4.31 Å². The van der Waals surface area contributed by atoms with Crippen molar-refractivity contribution in [2.24, 2.45) is 0 Å². The Hall–Kier alpha value is -1.69. The first kappa shape index (κ1) is 14.9. The van der Waals surface area contributed by atoms with E-state index < -0.39 is 10.0 Å². The number of carbonyl (C=O) groups excluding carboxylic acids is 1. The van der Waals surface area contributed by atoms with Crippen molar-refractivity contribution in [3.05, 3.63) is 64.2 Å². The smallest absolute Gasteiger partial charge is 0.243 e. The predicted octanol–water partition coefficient (Wildman–Crippen LogP) is 3.21. The summed E-state index contributed by atoms with van der Waals surface area (Å²) >= 11 is 5.84. The van der Waals surface area contributed by atoms with Crippen LogP contribution in [-0.2, 0) is 16.4 Å². The highest BCUT2D eigenvalue weighted by atomic mass is 35.5. The van der Waals surface area contributed by atoms with E-state index >= 15 is 0 Å². The van der Waals surface area contributed by atoms with Gasteiger partial charge in [-0.3, -0.25) is 4.79 Å². The molecule has 4 nitrogen and oxygen atoms in total. The molecule has 0 amide bonds. The molecule has 1 aliphatic heterocycles. The van der Waals surface area contributed by atoms with Gasteiger partial charge in [-0.25, -0.2) is 8.42 Å². The Kier molecular flexibility index (Phi) is 3.34. The van der Waals surface area contributed by atoms with Gasteiger partial charge >= 0.3 is 0 Å². The first-order chi connectivity index (χ1) is 11.0. The molecule has 0 fully saturated rings. The van der Waals surface area contributed by atoms with Gasteiger partial charge in [0.2, 0.25) is 10.0 Å². The zero-order valence-corrected chi connectivity index (χ0v) is 13.8. The van der Waals surface area contributed by atoms with Crippen LogP contribution in [0.2, 0.25) is 5.02 Å². The van der Waals surface area contributed by atoms with Crippen LogP contribution in [0.15, 0.2) is 47.4 Å². The van der Waals surface area contributed by atoms with Gasteiger partial charge in [-0.15, -0.1) is 0 Å². The third kappa shape index (κ3) is 2.23. The molecule has 0 spiro atoms. The SMILES string of the molecule is O=C1CC2c3c(cccc31)CCN2S(=O)(=O)c1ccc(Cl)cc1. The minimum atomic E-state index is -3.65. The van der Waals surface area contributed by atoms with Crippen LogP contribution in [0.1, 0.15) is 33.9 Å². The molecule has 6 heteroatoms. The van der Waals surface area contributed by atoms with Crippen molar-refractivity contribution in [1.29, 1.82) is 0 Å². The molecule has 2 aromatic rings. The van der Waals surface area contributed by atoms with E-state index in [4.69, 9.17) is 11.6 Å². The van der Waals surface area contributed by atoms with Crippen LogP contribution >= 0.6 is 11.6 Å². The van der Waals surface area contributed by atoms with E-state index in [9.17, 15) is 13.2 Å². The number of hydrogen-bond acceptors (Lipinski definition) is 3. The average molecular weight is 348 g/mol. The van der Waals surface area contributed by atoms with Crippen molar-refractivity contribution >= 4 is 27.4 Å². The highest BCUT2D eigenvalue weighted by Gasteiger charge is 2.43. The van der Waals surface area contributed by atoms with Crippen molar-refractivity contribution in [2.45, 2.75) is 23.8 Å². The lowest BCUT2D eigenvalue weighted by molar-refractivity contribution is 0.0975. The largest absolute Gasteiger partial charge is 0.294 e. The Morgan fingerprint density at radius 3 is 2.57 bits per heavy atom. The van der Waals surface area contributed by atoms with E-state index in [1.165, 1.54) is 16.4 Å². The standard InChI is InChI=1S/C17H14ClNO3S/c18-12-4-6-13(7-5-12)23(21,22)19-9-8-11-2-1-3-14-16(20)10-15(19)17(11)14/h1-7,15H,8-10H2. The van der Waals surface area contributed by atoms with Gasteiger partial charge in [0.15, 0.2) is 5.78 Å². The van der Waals surface area contributed by atoms with E-state index in [0.717, 1.165) is 11.1 Å². The molecule has 2 aromatic carbocycles. The number of Topliss-reactive ketones (excluding diaryl/α,β-unsaturated/α-hetero) is 1. The second kappa shape index (κ2) is 5.16. The third-order valence-electron chi connectivity index (χ3n) is 4.58. The topological polar surface area (TPSA) is 54.5 Å². The predicted molar refractivity (Wildman–Crippen MR) is 87.2 cm³/mol. The second-order valence-electron chi connectivity index (χ2n) is 5.84. The highest BCUT2D eigenvalue weighted by molar-refractivity contribution is 7.89. The molecule has 1 atom stereocenters. The lowest BCUT2D eigenvalue weighted by Crippen LogP contribution is -2.39. The van der Waals surface area contributed by atoms with Crippen LogP contribution in [0, 0.1) is 0 Å². The summed E-state index contributed by atoms with van der Waals surface area (Å²) in [6, 6.07) is 11.4. The Bertz CT molecular complexity index is 906. The molecule has 118 valence electrons. The van der Waals surface area contributed by atoms with Crippen molar-refractivity contribution in [3.8, 4) is 0 Å². The summed E-state index contributed by atoms with van der Waals surface area (Å²) in [6.45, 7) is 0.388. The zero-order valence-electron chi connectivity index (χ0n) is 12.2. The fourth-order valence-electron chi connectivity index (χ4n) is 3.52. The first-order valence-corrected chi connectivity index (χ1v) is 9.23. The molecular weight excluding hydrogens is 334 g/mol. The van der Waals surface area contributed by atoms with Crippen molar-refractivity contribution in [2.75, 3.05) is 6.54 Å². The van der Waals surface area contributed by atoms with Crippen LogP contribution in [0.5, 0.6) is 0 Å². The molecule has 0 aromatic heterocycles. The van der Waals surface area contributed by atoms with E-state index in [1.807, 2.05) is 12.1 Å². The molecule has 1 unspecified atom stereocenters. The Balaban J connectivity index is 1.80. The van der Waals surface area contributed by atoms with Crippen molar-refractivity contribution < 1.29 is 13.2 Å². The number of benzene rings is 2. The van der Waals surface area contributed by atoms with Crippen LogP contribution in [0.3, 0.4) is 0 Å². The summed E-state index contributed by atoms with van der Waals surface area (Å²) < 4.78 is 27.4. The molecule has 1 aliphatic carbocycles. The summed E-state index contributed by atoms with van der Waals surface area (Å²) in [7, 11) is -3.65. The number of hydrogen-bond donors (Lipinski definition) is 0. The van der Waals surface area contributed by atoms with Gasteiger partial charge in [0.1, 0.15) is 0 Å². The summed E-state index contributed by atoms with van der Waals surface area (Å²) in [5.74, 6) is 0.0186. The number of rotatable bonds is 2. The Labute approximate surface area is 139 Å². The Morgan fingerprint density at radius 2 is 1.83 bits per heavy atom.